The number of carbonyl (C=O) groups excluding carboxylic acids is 1. The molecule has 0 aliphatic heterocycles. The van der Waals surface area contributed by atoms with Crippen LogP contribution in [0.25, 0.3) is 0 Å². The van der Waals surface area contributed by atoms with Gasteiger partial charge in [0.05, 0.1) is 13.2 Å². The van der Waals surface area contributed by atoms with Crippen LogP contribution in [0.15, 0.2) is 0 Å². The lowest BCUT2D eigenvalue weighted by Gasteiger charge is -2.28. The first-order valence-electron chi connectivity index (χ1n) is 8.37. The van der Waals surface area contributed by atoms with Crippen molar-refractivity contribution >= 4 is 12.0 Å². The number of carbonyl (C=O) groups is 2. The van der Waals surface area contributed by atoms with Gasteiger partial charge in [-0.2, -0.15) is 0 Å². The number of nitrogens with zero attached hydrogens (tertiary/aromatic N) is 1. The monoisotopic (exact) mass is 381 g/mol. The maximum absolute atomic E-state index is 11.9. The molecule has 0 radical (unpaired) electrons. The van der Waals surface area contributed by atoms with Crippen LogP contribution < -0.4 is 10.6 Å². The molecule has 0 spiro atoms. The largest absolute Gasteiger partial charge is 0.480 e. The fourth-order valence-corrected chi connectivity index (χ4v) is 2.23. The van der Waals surface area contributed by atoms with E-state index in [0.29, 0.717) is 25.8 Å². The van der Waals surface area contributed by atoms with Gasteiger partial charge in [-0.05, 0) is 26.3 Å². The number of likely N-dealkylation sites (N-methyl/N-ethyl adjacent to an activating group) is 2. The number of hydrogen-bond donors (Lipinski definition) is 8. The average molecular weight is 381 g/mol. The van der Waals surface area contributed by atoms with Crippen molar-refractivity contribution in [3.8, 4) is 0 Å². The quantitative estimate of drug-likeness (QED) is 0.153. The van der Waals surface area contributed by atoms with E-state index in [1.54, 1.807) is 7.05 Å². The topological polar surface area (TPSA) is 183 Å². The number of aliphatic hydroxyl groups excluding tert-OH is 5. The lowest BCUT2D eigenvalue weighted by Crippen LogP contribution is -2.51. The summed E-state index contributed by atoms with van der Waals surface area (Å²) in [4.78, 5) is 23.8. The smallest absolute Gasteiger partial charge is 0.320 e. The van der Waals surface area contributed by atoms with Crippen LogP contribution in [0.3, 0.4) is 0 Å². The third-order valence-electron chi connectivity index (χ3n) is 3.98. The van der Waals surface area contributed by atoms with Gasteiger partial charge in [0, 0.05) is 13.6 Å². The van der Waals surface area contributed by atoms with E-state index in [9.17, 15) is 30.0 Å². The molecule has 154 valence electrons. The molecule has 2 amide bonds. The molecule has 8 N–H and O–H groups in total. The highest BCUT2D eigenvalue weighted by Gasteiger charge is 2.31. The molecule has 0 saturated heterocycles. The molecular weight excluding hydrogens is 350 g/mol. The Kier molecular flexibility index (Phi) is 12.1. The number of carboxylic acid groups (broad SMARTS) is 1. The molecule has 0 saturated carbocycles. The van der Waals surface area contributed by atoms with E-state index < -0.39 is 49.1 Å². The first-order valence-corrected chi connectivity index (χ1v) is 8.37. The van der Waals surface area contributed by atoms with Gasteiger partial charge in [-0.3, -0.25) is 4.79 Å². The van der Waals surface area contributed by atoms with Gasteiger partial charge in [0.2, 0.25) is 0 Å². The minimum atomic E-state index is -1.75. The maximum atomic E-state index is 11.9. The maximum Gasteiger partial charge on any atom is 0.320 e. The molecule has 0 aliphatic rings. The molecule has 11 heteroatoms. The number of aliphatic carboxylic acids is 1. The molecule has 0 fully saturated rings. The van der Waals surface area contributed by atoms with Crippen LogP contribution in [0.2, 0.25) is 0 Å². The highest BCUT2D eigenvalue weighted by molar-refractivity contribution is 5.74. The Bertz CT molecular complexity index is 426. The number of nitrogens with one attached hydrogen (secondary N) is 2. The zero-order chi connectivity index (χ0) is 20.3. The zero-order valence-electron chi connectivity index (χ0n) is 15.1. The Morgan fingerprint density at radius 1 is 1.04 bits per heavy atom. The van der Waals surface area contributed by atoms with E-state index in [0.717, 1.165) is 4.90 Å². The van der Waals surface area contributed by atoms with Crippen molar-refractivity contribution in [2.75, 3.05) is 33.8 Å². The SMILES string of the molecule is CNC(CCCCNC(=O)N(C)CC(O)C(O)C(O)C(O)CO)C(=O)O. The second kappa shape index (κ2) is 12.8. The van der Waals surface area contributed by atoms with Gasteiger partial charge in [0.1, 0.15) is 30.5 Å². The van der Waals surface area contributed by atoms with Crippen LogP contribution in [0.5, 0.6) is 0 Å². The van der Waals surface area contributed by atoms with Crippen molar-refractivity contribution in [2.24, 2.45) is 0 Å². The number of rotatable bonds is 13. The van der Waals surface area contributed by atoms with E-state index in [-0.39, 0.29) is 6.54 Å². The molecule has 0 aromatic heterocycles. The summed E-state index contributed by atoms with van der Waals surface area (Å²) in [6.45, 7) is -0.773. The van der Waals surface area contributed by atoms with E-state index in [1.807, 2.05) is 0 Å². The number of amides is 2. The molecule has 0 bridgehead atoms. The molecule has 0 aromatic carbocycles. The molecule has 5 unspecified atom stereocenters. The molecule has 0 rings (SSSR count). The highest BCUT2D eigenvalue weighted by atomic mass is 16.4. The molecule has 26 heavy (non-hydrogen) atoms. The normalized spacial score (nSPS) is 17.0. The Balaban J connectivity index is 4.14. The summed E-state index contributed by atoms with van der Waals surface area (Å²) < 4.78 is 0. The standard InChI is InChI=1S/C15H31N3O8/c1-16-9(14(24)25)5-3-4-6-17-15(26)18(2)7-10(20)12(22)13(23)11(21)8-19/h9-13,16,19-23H,3-8H2,1-2H3,(H,17,26)(H,24,25). The fraction of sp³-hybridized carbons (Fsp3) is 0.867. The molecular formula is C15H31N3O8. The molecule has 11 nitrogen and oxygen atoms in total. The number of hydrogen-bond acceptors (Lipinski definition) is 8. The summed E-state index contributed by atoms with van der Waals surface area (Å²) in [7, 11) is 2.94. The minimum absolute atomic E-state index is 0.303. The van der Waals surface area contributed by atoms with Gasteiger partial charge < -0.3 is 46.2 Å². The Labute approximate surface area is 152 Å². The number of unbranched alkanes of at least 4 members (excludes halogenated alkanes) is 1. The summed E-state index contributed by atoms with van der Waals surface area (Å²) in [6.07, 6.45) is -5.03. The van der Waals surface area contributed by atoms with Crippen LogP contribution in [0.1, 0.15) is 19.3 Å². The van der Waals surface area contributed by atoms with Crippen LogP contribution in [-0.4, -0.2) is 112 Å². The van der Waals surface area contributed by atoms with Crippen molar-refractivity contribution in [1.82, 2.24) is 15.5 Å². The second-order valence-corrected chi connectivity index (χ2v) is 6.09. The van der Waals surface area contributed by atoms with Gasteiger partial charge >= 0.3 is 12.0 Å². The second-order valence-electron chi connectivity index (χ2n) is 6.09. The van der Waals surface area contributed by atoms with Crippen molar-refractivity contribution < 1.29 is 40.2 Å². The molecule has 0 aliphatic carbocycles. The lowest BCUT2D eigenvalue weighted by molar-refractivity contribution is -0.139. The van der Waals surface area contributed by atoms with Crippen LogP contribution in [-0.2, 0) is 4.79 Å². The molecule has 0 aromatic rings. The van der Waals surface area contributed by atoms with Crippen molar-refractivity contribution in [3.63, 3.8) is 0 Å². The van der Waals surface area contributed by atoms with Crippen LogP contribution in [0.4, 0.5) is 4.79 Å². The Hall–Kier alpha value is -1.50. The number of aliphatic hydroxyl groups is 5. The van der Waals surface area contributed by atoms with Crippen LogP contribution >= 0.6 is 0 Å². The van der Waals surface area contributed by atoms with Gasteiger partial charge in [0.25, 0.3) is 0 Å². The van der Waals surface area contributed by atoms with E-state index in [1.165, 1.54) is 7.05 Å². The van der Waals surface area contributed by atoms with E-state index in [2.05, 4.69) is 10.6 Å². The third-order valence-corrected chi connectivity index (χ3v) is 3.98. The van der Waals surface area contributed by atoms with Gasteiger partial charge in [-0.25, -0.2) is 4.79 Å². The summed E-state index contributed by atoms with van der Waals surface area (Å²) in [6, 6.07) is -1.15. The van der Waals surface area contributed by atoms with Crippen molar-refractivity contribution in [2.45, 2.75) is 49.7 Å². The van der Waals surface area contributed by atoms with Gasteiger partial charge in [-0.15, -0.1) is 0 Å². The van der Waals surface area contributed by atoms with Crippen molar-refractivity contribution in [3.05, 3.63) is 0 Å². The first kappa shape index (κ1) is 24.5. The van der Waals surface area contributed by atoms with E-state index in [4.69, 9.17) is 10.2 Å². The first-order chi connectivity index (χ1) is 12.1. The number of carboxylic acids is 1. The Morgan fingerprint density at radius 3 is 2.12 bits per heavy atom. The highest BCUT2D eigenvalue weighted by Crippen LogP contribution is 2.06. The van der Waals surface area contributed by atoms with Gasteiger partial charge in [0.15, 0.2) is 0 Å². The fourth-order valence-electron chi connectivity index (χ4n) is 2.23. The van der Waals surface area contributed by atoms with Crippen LogP contribution in [0, 0.1) is 0 Å². The molecule has 5 atom stereocenters. The molecule has 0 heterocycles. The number of urea groups is 1. The third kappa shape index (κ3) is 8.74. The summed E-state index contributed by atoms with van der Waals surface area (Å²) in [5, 5.41) is 61.1. The minimum Gasteiger partial charge on any atom is -0.480 e. The lowest BCUT2D eigenvalue weighted by atomic mass is 10.0. The summed E-state index contributed by atoms with van der Waals surface area (Å²) >= 11 is 0. The van der Waals surface area contributed by atoms with Crippen molar-refractivity contribution in [1.29, 1.82) is 0 Å². The predicted octanol–water partition coefficient (Wildman–Crippen LogP) is -3.09. The van der Waals surface area contributed by atoms with E-state index >= 15 is 0 Å². The predicted molar refractivity (Wildman–Crippen MR) is 91.5 cm³/mol. The summed E-state index contributed by atoms with van der Waals surface area (Å²) in [5.41, 5.74) is 0. The Morgan fingerprint density at radius 2 is 1.62 bits per heavy atom. The van der Waals surface area contributed by atoms with Gasteiger partial charge in [-0.1, -0.05) is 0 Å². The zero-order valence-corrected chi connectivity index (χ0v) is 15.1. The average Bonchev–Trinajstić information content (AvgIpc) is 2.61. The summed E-state index contributed by atoms with van der Waals surface area (Å²) in [5.74, 6) is -0.933.